The van der Waals surface area contributed by atoms with E-state index < -0.39 is 15.9 Å². The van der Waals surface area contributed by atoms with Crippen LogP contribution in [0.15, 0.2) is 94.9 Å². The molecule has 2 amide bonds. The molecule has 0 spiro atoms. The molecule has 4 aromatic rings. The lowest BCUT2D eigenvalue weighted by Gasteiger charge is -2.19. The lowest BCUT2D eigenvalue weighted by molar-refractivity contribution is -0.114. The van der Waals surface area contributed by atoms with Crippen molar-refractivity contribution >= 4 is 50.2 Å². The molecule has 180 valence electrons. The van der Waals surface area contributed by atoms with E-state index in [0.29, 0.717) is 21.8 Å². The monoisotopic (exact) mass is 498 g/mol. The van der Waals surface area contributed by atoms with Gasteiger partial charge in [-0.1, -0.05) is 48.5 Å². The molecule has 1 aliphatic rings. The summed E-state index contributed by atoms with van der Waals surface area (Å²) < 4.78 is 27.7. The second-order valence-electron chi connectivity index (χ2n) is 8.34. The molecule has 1 aliphatic heterocycles. The fraction of sp³-hybridized carbons (Fsp3) is 0.0741. The van der Waals surface area contributed by atoms with Crippen molar-refractivity contribution in [3.8, 4) is 0 Å². The summed E-state index contributed by atoms with van der Waals surface area (Å²) in [5.41, 5.74) is 5.71. The Bertz CT molecular complexity index is 1610. The molecule has 0 saturated heterocycles. The Balaban J connectivity index is 1.25. The van der Waals surface area contributed by atoms with Gasteiger partial charge < -0.3 is 5.32 Å². The number of hydrazone groups is 1. The lowest BCUT2D eigenvalue weighted by atomic mass is 10.1. The zero-order chi connectivity index (χ0) is 25.3. The maximum Gasteiger partial charge on any atom is 0.271 e. The number of rotatable bonds is 6. The molecule has 2 N–H and O–H groups in total. The van der Waals surface area contributed by atoms with Crippen molar-refractivity contribution in [2.75, 3.05) is 9.62 Å². The predicted octanol–water partition coefficient (Wildman–Crippen LogP) is 4.27. The summed E-state index contributed by atoms with van der Waals surface area (Å²) in [5, 5.41) is 8.27. The normalized spacial score (nSPS) is 13.8. The number of nitrogens with zero attached hydrogens (tertiary/aromatic N) is 2. The lowest BCUT2D eigenvalue weighted by Crippen LogP contribution is -2.26. The third-order valence-electron chi connectivity index (χ3n) is 5.83. The molecular weight excluding hydrogens is 476 g/mol. The number of hydrogen-bond donors (Lipinski definition) is 2. The topological polar surface area (TPSA) is 108 Å². The number of sulfonamides is 1. The van der Waals surface area contributed by atoms with E-state index in [1.54, 1.807) is 60.7 Å². The van der Waals surface area contributed by atoms with Gasteiger partial charge in [0, 0.05) is 23.6 Å². The van der Waals surface area contributed by atoms with Crippen LogP contribution in [0.1, 0.15) is 28.4 Å². The van der Waals surface area contributed by atoms with Crippen molar-refractivity contribution in [1.29, 1.82) is 0 Å². The highest BCUT2D eigenvalue weighted by Crippen LogP contribution is 2.42. The van der Waals surface area contributed by atoms with Crippen LogP contribution in [0.3, 0.4) is 0 Å². The largest absolute Gasteiger partial charge is 0.326 e. The van der Waals surface area contributed by atoms with Gasteiger partial charge in [0.05, 0.1) is 23.3 Å². The smallest absolute Gasteiger partial charge is 0.271 e. The first-order valence-corrected chi connectivity index (χ1v) is 12.6. The molecular formula is C27H22N4O4S. The average Bonchev–Trinajstić information content (AvgIpc) is 3.08. The van der Waals surface area contributed by atoms with E-state index in [2.05, 4.69) is 15.8 Å². The van der Waals surface area contributed by atoms with E-state index in [1.807, 2.05) is 24.3 Å². The maximum absolute atomic E-state index is 13.2. The summed E-state index contributed by atoms with van der Waals surface area (Å²) in [7, 11) is -3.66. The molecule has 36 heavy (non-hydrogen) atoms. The van der Waals surface area contributed by atoms with Crippen LogP contribution in [0.4, 0.5) is 11.4 Å². The fourth-order valence-electron chi connectivity index (χ4n) is 4.14. The van der Waals surface area contributed by atoms with Crippen LogP contribution in [-0.2, 0) is 21.4 Å². The quantitative estimate of drug-likeness (QED) is 0.306. The second kappa shape index (κ2) is 9.27. The molecule has 8 nitrogen and oxygen atoms in total. The van der Waals surface area contributed by atoms with E-state index in [9.17, 15) is 18.0 Å². The van der Waals surface area contributed by atoms with Crippen molar-refractivity contribution < 1.29 is 18.0 Å². The first-order valence-electron chi connectivity index (χ1n) is 11.2. The van der Waals surface area contributed by atoms with Crippen molar-refractivity contribution in [3.05, 3.63) is 102 Å². The van der Waals surface area contributed by atoms with Crippen LogP contribution in [-0.4, -0.2) is 26.4 Å². The van der Waals surface area contributed by atoms with Gasteiger partial charge in [0.25, 0.3) is 15.9 Å². The molecule has 0 atom stereocenters. The molecule has 0 unspecified atom stereocenters. The van der Waals surface area contributed by atoms with Gasteiger partial charge in [0.1, 0.15) is 0 Å². The van der Waals surface area contributed by atoms with Gasteiger partial charge in [-0.3, -0.25) is 13.9 Å². The fourth-order valence-corrected chi connectivity index (χ4v) is 5.84. The molecule has 0 fully saturated rings. The Morgan fingerprint density at radius 2 is 1.61 bits per heavy atom. The van der Waals surface area contributed by atoms with Gasteiger partial charge in [-0.05, 0) is 52.9 Å². The first-order chi connectivity index (χ1) is 17.3. The summed E-state index contributed by atoms with van der Waals surface area (Å²) in [6.07, 6.45) is 1.50. The highest BCUT2D eigenvalue weighted by Gasteiger charge is 2.35. The number of carbonyl (C=O) groups is 2. The molecule has 1 heterocycles. The number of carbonyl (C=O) groups excluding carboxylic acids is 2. The number of amides is 2. The van der Waals surface area contributed by atoms with E-state index >= 15 is 0 Å². The Morgan fingerprint density at radius 3 is 2.31 bits per heavy atom. The van der Waals surface area contributed by atoms with Crippen LogP contribution in [0, 0.1) is 0 Å². The van der Waals surface area contributed by atoms with Crippen molar-refractivity contribution in [2.24, 2.45) is 5.10 Å². The highest BCUT2D eigenvalue weighted by molar-refractivity contribution is 7.93. The van der Waals surface area contributed by atoms with E-state index in [0.717, 1.165) is 21.9 Å². The van der Waals surface area contributed by atoms with E-state index in [4.69, 9.17) is 0 Å². The highest BCUT2D eigenvalue weighted by atomic mass is 32.2. The SMILES string of the molecule is CC(=O)Nc1ccc(/C=N/NC(=O)c2ccc(CN3c4cccc5cccc(c45)S3(=O)=O)cc2)cc1. The van der Waals surface area contributed by atoms with Crippen molar-refractivity contribution in [3.63, 3.8) is 0 Å². The molecule has 0 aromatic heterocycles. The predicted molar refractivity (Wildman–Crippen MR) is 140 cm³/mol. The first kappa shape index (κ1) is 23.3. The van der Waals surface area contributed by atoms with Gasteiger partial charge in [-0.25, -0.2) is 13.8 Å². The molecule has 4 aromatic carbocycles. The standard InChI is InChI=1S/C27H22N4O4S/c1-18(32)29-23-14-10-19(11-15-23)16-28-30-27(33)22-12-8-20(9-13-22)17-31-24-6-2-4-21-5-3-7-25(26(21)24)36(31,34)35/h2-16H,17H2,1H3,(H,29,32)(H,30,33)/b28-16+. The number of benzene rings is 4. The van der Waals surface area contributed by atoms with Gasteiger partial charge in [0.15, 0.2) is 0 Å². The minimum absolute atomic E-state index is 0.154. The molecule has 0 saturated carbocycles. The summed E-state index contributed by atoms with van der Waals surface area (Å²) >= 11 is 0. The summed E-state index contributed by atoms with van der Waals surface area (Å²) in [5.74, 6) is -0.544. The zero-order valence-electron chi connectivity index (χ0n) is 19.3. The van der Waals surface area contributed by atoms with Gasteiger partial charge >= 0.3 is 0 Å². The van der Waals surface area contributed by atoms with Crippen LogP contribution in [0.2, 0.25) is 0 Å². The summed E-state index contributed by atoms with van der Waals surface area (Å²) in [6, 6.07) is 24.6. The number of hydrogen-bond acceptors (Lipinski definition) is 5. The Morgan fingerprint density at radius 1 is 0.917 bits per heavy atom. The van der Waals surface area contributed by atoms with Crippen LogP contribution >= 0.6 is 0 Å². The zero-order valence-corrected chi connectivity index (χ0v) is 20.1. The van der Waals surface area contributed by atoms with Crippen LogP contribution in [0.5, 0.6) is 0 Å². The van der Waals surface area contributed by atoms with Crippen LogP contribution < -0.4 is 15.0 Å². The Labute approximate surface area is 208 Å². The summed E-state index contributed by atoms with van der Waals surface area (Å²) in [4.78, 5) is 23.9. The second-order valence-corrected chi connectivity index (χ2v) is 10.2. The van der Waals surface area contributed by atoms with Crippen molar-refractivity contribution in [2.45, 2.75) is 18.4 Å². The Kier molecular flexibility index (Phi) is 5.99. The number of nitrogens with one attached hydrogen (secondary N) is 2. The minimum Gasteiger partial charge on any atom is -0.326 e. The van der Waals surface area contributed by atoms with E-state index in [1.165, 1.54) is 17.4 Å². The molecule has 0 radical (unpaired) electrons. The third-order valence-corrected chi connectivity index (χ3v) is 7.64. The van der Waals surface area contributed by atoms with Gasteiger partial charge in [0.2, 0.25) is 5.91 Å². The number of anilines is 2. The Hall–Kier alpha value is -4.50. The maximum atomic E-state index is 13.2. The summed E-state index contributed by atoms with van der Waals surface area (Å²) in [6.45, 7) is 1.59. The van der Waals surface area contributed by atoms with E-state index in [-0.39, 0.29) is 12.5 Å². The minimum atomic E-state index is -3.66. The third kappa shape index (κ3) is 4.44. The molecule has 9 heteroatoms. The van der Waals surface area contributed by atoms with Gasteiger partial charge in [-0.15, -0.1) is 0 Å². The molecule has 5 rings (SSSR count). The average molecular weight is 499 g/mol. The molecule has 0 aliphatic carbocycles. The van der Waals surface area contributed by atoms with Crippen molar-refractivity contribution in [1.82, 2.24) is 5.43 Å². The molecule has 0 bridgehead atoms. The van der Waals surface area contributed by atoms with Gasteiger partial charge in [-0.2, -0.15) is 5.10 Å². The van der Waals surface area contributed by atoms with Crippen LogP contribution in [0.25, 0.3) is 10.8 Å².